The number of piperidine rings is 1. The number of ketones is 1. The van der Waals surface area contributed by atoms with Gasteiger partial charge in [-0.25, -0.2) is 0 Å². The predicted molar refractivity (Wildman–Crippen MR) is 66.4 cm³/mol. The molecule has 4 heteroatoms. The van der Waals surface area contributed by atoms with Crippen molar-refractivity contribution in [1.29, 1.82) is 0 Å². The first kappa shape index (κ1) is 11.9. The van der Waals surface area contributed by atoms with E-state index in [1.807, 2.05) is 0 Å². The Balaban J connectivity index is 2.22. The van der Waals surface area contributed by atoms with E-state index < -0.39 is 0 Å². The zero-order chi connectivity index (χ0) is 11.5. The van der Waals surface area contributed by atoms with E-state index in [4.69, 9.17) is 23.2 Å². The lowest BCUT2D eigenvalue weighted by Crippen LogP contribution is -2.40. The van der Waals surface area contributed by atoms with Crippen molar-refractivity contribution < 1.29 is 4.79 Å². The van der Waals surface area contributed by atoms with Crippen molar-refractivity contribution >= 4 is 29.0 Å². The van der Waals surface area contributed by atoms with Crippen LogP contribution in [0.15, 0.2) is 18.2 Å². The summed E-state index contributed by atoms with van der Waals surface area (Å²) in [6.45, 7) is 0.897. The van der Waals surface area contributed by atoms with E-state index in [1.54, 1.807) is 18.2 Å². The minimum atomic E-state index is -0.107. The average molecular weight is 258 g/mol. The van der Waals surface area contributed by atoms with Crippen molar-refractivity contribution in [3.05, 3.63) is 33.8 Å². The molecule has 2 rings (SSSR count). The van der Waals surface area contributed by atoms with Crippen molar-refractivity contribution in [1.82, 2.24) is 5.32 Å². The second kappa shape index (κ2) is 5.17. The van der Waals surface area contributed by atoms with E-state index in [1.165, 1.54) is 0 Å². The largest absolute Gasteiger partial charge is 0.307 e. The Kier molecular flexibility index (Phi) is 3.85. The highest BCUT2D eigenvalue weighted by Gasteiger charge is 2.23. The first-order chi connectivity index (χ1) is 7.68. The normalized spacial score (nSPS) is 20.8. The number of benzene rings is 1. The Bertz CT molecular complexity index is 400. The molecular formula is C12H13Cl2NO. The quantitative estimate of drug-likeness (QED) is 0.824. The third-order valence-corrected chi connectivity index (χ3v) is 3.39. The topological polar surface area (TPSA) is 29.1 Å². The summed E-state index contributed by atoms with van der Waals surface area (Å²) in [7, 11) is 0. The van der Waals surface area contributed by atoms with Crippen LogP contribution in [-0.4, -0.2) is 18.4 Å². The molecule has 2 nitrogen and oxygen atoms in total. The molecule has 1 atom stereocenters. The minimum Gasteiger partial charge on any atom is -0.307 e. The number of carbonyl (C=O) groups is 1. The Morgan fingerprint density at radius 3 is 2.81 bits per heavy atom. The van der Waals surface area contributed by atoms with Crippen LogP contribution in [0.4, 0.5) is 0 Å². The van der Waals surface area contributed by atoms with E-state index in [9.17, 15) is 4.79 Å². The van der Waals surface area contributed by atoms with Gasteiger partial charge < -0.3 is 5.32 Å². The summed E-state index contributed by atoms with van der Waals surface area (Å²) >= 11 is 11.9. The zero-order valence-corrected chi connectivity index (χ0v) is 10.3. The maximum absolute atomic E-state index is 12.2. The lowest BCUT2D eigenvalue weighted by molar-refractivity contribution is 0.0927. The molecule has 1 aromatic rings. The molecule has 1 N–H and O–H groups in total. The maximum atomic E-state index is 12.2. The predicted octanol–water partition coefficient (Wildman–Crippen LogP) is 3.32. The highest BCUT2D eigenvalue weighted by Crippen LogP contribution is 2.23. The fourth-order valence-corrected chi connectivity index (χ4v) is 2.33. The highest BCUT2D eigenvalue weighted by molar-refractivity contribution is 6.36. The lowest BCUT2D eigenvalue weighted by Gasteiger charge is -2.22. The molecule has 0 aliphatic carbocycles. The maximum Gasteiger partial charge on any atom is 0.181 e. The van der Waals surface area contributed by atoms with E-state index >= 15 is 0 Å². The Labute approximate surface area is 105 Å². The lowest BCUT2D eigenvalue weighted by atomic mass is 9.96. The number of hydrogen-bond acceptors (Lipinski definition) is 2. The molecule has 1 unspecified atom stereocenters. The van der Waals surface area contributed by atoms with Gasteiger partial charge in [0.2, 0.25) is 0 Å². The molecule has 0 bridgehead atoms. The number of Topliss-reactive ketones (excluding diaryl/α,β-unsaturated/α-hetero) is 1. The molecule has 86 valence electrons. The van der Waals surface area contributed by atoms with Crippen LogP contribution >= 0.6 is 23.2 Å². The van der Waals surface area contributed by atoms with Gasteiger partial charge in [0.1, 0.15) is 0 Å². The van der Waals surface area contributed by atoms with Gasteiger partial charge in [0.15, 0.2) is 5.78 Å². The van der Waals surface area contributed by atoms with Gasteiger partial charge >= 0.3 is 0 Å². The number of carbonyl (C=O) groups excluding carboxylic acids is 1. The van der Waals surface area contributed by atoms with Gasteiger partial charge in [0, 0.05) is 10.6 Å². The van der Waals surface area contributed by atoms with Crippen LogP contribution in [0.5, 0.6) is 0 Å². The fourth-order valence-electron chi connectivity index (χ4n) is 1.95. The summed E-state index contributed by atoms with van der Waals surface area (Å²) in [5.41, 5.74) is 0.522. The van der Waals surface area contributed by atoms with Crippen LogP contribution < -0.4 is 5.32 Å². The summed E-state index contributed by atoms with van der Waals surface area (Å²) in [5.74, 6) is 0.0483. The molecule has 1 saturated heterocycles. The fraction of sp³-hybridized carbons (Fsp3) is 0.417. The molecule has 1 fully saturated rings. The van der Waals surface area contributed by atoms with E-state index in [-0.39, 0.29) is 11.8 Å². The van der Waals surface area contributed by atoms with Gasteiger partial charge in [-0.3, -0.25) is 4.79 Å². The molecule has 0 saturated carbocycles. The molecule has 1 aromatic carbocycles. The summed E-state index contributed by atoms with van der Waals surface area (Å²) in [4.78, 5) is 12.2. The van der Waals surface area contributed by atoms with Crippen molar-refractivity contribution in [3.8, 4) is 0 Å². The Morgan fingerprint density at radius 2 is 2.12 bits per heavy atom. The van der Waals surface area contributed by atoms with Crippen LogP contribution in [0.3, 0.4) is 0 Å². The number of rotatable bonds is 2. The van der Waals surface area contributed by atoms with Crippen LogP contribution in [0.1, 0.15) is 29.6 Å². The molecule has 16 heavy (non-hydrogen) atoms. The zero-order valence-electron chi connectivity index (χ0n) is 8.80. The minimum absolute atomic E-state index is 0.0483. The van der Waals surface area contributed by atoms with Gasteiger partial charge in [0.05, 0.1) is 11.1 Å². The van der Waals surface area contributed by atoms with E-state index in [0.29, 0.717) is 15.6 Å². The smallest absolute Gasteiger partial charge is 0.181 e. The van der Waals surface area contributed by atoms with Crippen LogP contribution in [0, 0.1) is 0 Å². The first-order valence-corrected chi connectivity index (χ1v) is 6.17. The van der Waals surface area contributed by atoms with Gasteiger partial charge in [-0.05, 0) is 37.6 Å². The average Bonchev–Trinajstić information content (AvgIpc) is 2.32. The molecule has 0 amide bonds. The summed E-state index contributed by atoms with van der Waals surface area (Å²) in [6.07, 6.45) is 3.09. The Morgan fingerprint density at radius 1 is 1.31 bits per heavy atom. The van der Waals surface area contributed by atoms with Crippen molar-refractivity contribution in [2.24, 2.45) is 0 Å². The molecular weight excluding hydrogens is 245 g/mol. The molecule has 1 heterocycles. The standard InChI is InChI=1S/C12H13Cl2NO/c13-8-4-5-10(14)9(7-8)12(16)11-3-1-2-6-15-11/h4-5,7,11,15H,1-3,6H2. The van der Waals surface area contributed by atoms with Gasteiger partial charge in [-0.2, -0.15) is 0 Å². The second-order valence-electron chi connectivity index (χ2n) is 3.99. The van der Waals surface area contributed by atoms with E-state index in [0.717, 1.165) is 25.8 Å². The van der Waals surface area contributed by atoms with Crippen molar-refractivity contribution in [3.63, 3.8) is 0 Å². The van der Waals surface area contributed by atoms with Gasteiger partial charge in [-0.15, -0.1) is 0 Å². The van der Waals surface area contributed by atoms with Gasteiger partial charge in [0.25, 0.3) is 0 Å². The number of nitrogens with one attached hydrogen (secondary N) is 1. The molecule has 0 spiro atoms. The van der Waals surface area contributed by atoms with Gasteiger partial charge in [-0.1, -0.05) is 29.6 Å². The SMILES string of the molecule is O=C(c1cc(Cl)ccc1Cl)C1CCCCN1. The number of hydrogen-bond donors (Lipinski definition) is 1. The highest BCUT2D eigenvalue weighted by atomic mass is 35.5. The molecule has 0 aromatic heterocycles. The number of halogens is 2. The monoisotopic (exact) mass is 257 g/mol. The second-order valence-corrected chi connectivity index (χ2v) is 4.83. The third-order valence-electron chi connectivity index (χ3n) is 2.82. The third kappa shape index (κ3) is 2.57. The summed E-state index contributed by atoms with van der Waals surface area (Å²) in [5, 5.41) is 4.23. The van der Waals surface area contributed by atoms with Crippen LogP contribution in [-0.2, 0) is 0 Å². The first-order valence-electron chi connectivity index (χ1n) is 5.41. The van der Waals surface area contributed by atoms with E-state index in [2.05, 4.69) is 5.32 Å². The summed E-state index contributed by atoms with van der Waals surface area (Å²) < 4.78 is 0. The molecule has 1 aliphatic rings. The van der Waals surface area contributed by atoms with Crippen molar-refractivity contribution in [2.75, 3.05) is 6.54 Å². The summed E-state index contributed by atoms with van der Waals surface area (Å²) in [6, 6.07) is 4.89. The molecule has 0 radical (unpaired) electrons. The molecule has 1 aliphatic heterocycles. The van der Waals surface area contributed by atoms with Crippen LogP contribution in [0.25, 0.3) is 0 Å². The van der Waals surface area contributed by atoms with Crippen molar-refractivity contribution in [2.45, 2.75) is 25.3 Å². The van der Waals surface area contributed by atoms with Crippen LogP contribution in [0.2, 0.25) is 10.0 Å². The Hall–Kier alpha value is -0.570.